The smallest absolute Gasteiger partial charge is 0.301 e. The Hall–Kier alpha value is -6.30. The van der Waals surface area contributed by atoms with Crippen molar-refractivity contribution in [2.75, 3.05) is 72.9 Å². The molecule has 0 radical (unpaired) electrons. The van der Waals surface area contributed by atoms with Gasteiger partial charge in [-0.15, -0.1) is 0 Å². The number of pyridine rings is 1. The van der Waals surface area contributed by atoms with Gasteiger partial charge >= 0.3 is 5.92 Å². The molecule has 1 unspecified atom stereocenters. The molecule has 8 heterocycles. The Morgan fingerprint density at radius 1 is 0.905 bits per heavy atom. The number of amides is 2. The van der Waals surface area contributed by atoms with Crippen LogP contribution in [0.1, 0.15) is 50.1 Å². The highest BCUT2D eigenvalue weighted by Gasteiger charge is 2.51. The number of fused-ring (bicyclic) bond motifs is 5. The number of ether oxygens (including phenoxy) is 1. The molecule has 3 N–H and O–H groups in total. The number of para-hydroxylation sites is 1. The highest BCUT2D eigenvalue weighted by atomic mass is 19.3. The third kappa shape index (κ3) is 7.07. The van der Waals surface area contributed by atoms with E-state index >= 15 is 8.78 Å². The van der Waals surface area contributed by atoms with Crippen molar-refractivity contribution in [2.45, 2.75) is 56.4 Å². The van der Waals surface area contributed by atoms with Gasteiger partial charge in [0.15, 0.2) is 12.3 Å². The van der Waals surface area contributed by atoms with Gasteiger partial charge in [-0.1, -0.05) is 12.1 Å². The Labute approximate surface area is 361 Å². The lowest BCUT2D eigenvalue weighted by atomic mass is 9.92. The van der Waals surface area contributed by atoms with Crippen molar-refractivity contribution in [1.29, 1.82) is 0 Å². The summed E-state index contributed by atoms with van der Waals surface area (Å²) in [4.78, 5) is 50.2. The van der Waals surface area contributed by atoms with Crippen LogP contribution >= 0.6 is 0 Å². The largest absolute Gasteiger partial charge is 0.480 e. The number of carbonyl (C=O) groups excluding carboxylic acids is 2. The van der Waals surface area contributed by atoms with Gasteiger partial charge in [0.2, 0.25) is 17.6 Å². The van der Waals surface area contributed by atoms with Crippen molar-refractivity contribution >= 4 is 68.0 Å². The van der Waals surface area contributed by atoms with Gasteiger partial charge in [-0.25, -0.2) is 13.8 Å². The van der Waals surface area contributed by atoms with Crippen molar-refractivity contribution in [3.05, 3.63) is 70.8 Å². The summed E-state index contributed by atoms with van der Waals surface area (Å²) in [6.07, 6.45) is 6.08. The quantitative estimate of drug-likeness (QED) is 0.177. The number of alkyl halides is 2. The van der Waals surface area contributed by atoms with Crippen LogP contribution in [-0.4, -0.2) is 110 Å². The summed E-state index contributed by atoms with van der Waals surface area (Å²) >= 11 is 0. The first kappa shape index (κ1) is 39.5. The number of benzene rings is 2. The number of piperazine rings is 1. The fraction of sp³-hybridized carbons (Fsp3) is 0.467. The van der Waals surface area contributed by atoms with Crippen LogP contribution in [0.5, 0.6) is 5.75 Å². The maximum atomic E-state index is 15.2. The molecule has 328 valence electrons. The molecule has 4 fully saturated rings. The average Bonchev–Trinajstić information content (AvgIpc) is 3.93. The van der Waals surface area contributed by atoms with E-state index < -0.39 is 30.0 Å². The zero-order valence-corrected chi connectivity index (χ0v) is 35.3. The van der Waals surface area contributed by atoms with Crippen LogP contribution in [0.3, 0.4) is 0 Å². The molecular weight excluding hydrogens is 811 g/mol. The topological polar surface area (TPSA) is 159 Å². The molecule has 16 nitrogen and oxygen atoms in total. The third-order valence-electron chi connectivity index (χ3n) is 13.8. The van der Waals surface area contributed by atoms with Crippen molar-refractivity contribution in [1.82, 2.24) is 39.2 Å². The molecule has 18 heteroatoms. The molecule has 5 aliphatic rings. The number of imide groups is 1. The first-order valence-corrected chi connectivity index (χ1v) is 22.1. The number of nitrogens with zero attached hydrogens (tertiary/aromatic N) is 9. The van der Waals surface area contributed by atoms with E-state index in [9.17, 15) is 14.4 Å². The van der Waals surface area contributed by atoms with Gasteiger partial charge in [0.25, 0.3) is 5.56 Å². The Morgan fingerprint density at radius 3 is 2.49 bits per heavy atom. The lowest BCUT2D eigenvalue weighted by Crippen LogP contribution is -2.49. The standard InChI is InChI=1S/C45H50F2N12O4/c1-54-32-10-8-28(22-31(32)39-41(44(54)62)63-25-45(46,47)42(52-39)27-6-7-27)49-36-23-35(50-34-12-15-48-59(34)36)58-20-18-56(19-21-58)24-26-13-16-57(17-14-26)33-5-3-4-29-38(53-55(2)40(29)33)30-9-11-37(60)51-43(30)61/h3-5,8,10,12,15,22-23,26-27,30,42,49,52H,6-7,9,11,13-14,16-21,24-25H2,1-2H3,(H,51,60,61)/t30?,42-/m0/s1. The maximum Gasteiger partial charge on any atom is 0.301 e. The predicted octanol–water partition coefficient (Wildman–Crippen LogP) is 4.99. The van der Waals surface area contributed by atoms with Crippen molar-refractivity contribution in [2.24, 2.45) is 25.9 Å². The summed E-state index contributed by atoms with van der Waals surface area (Å²) in [6.45, 7) is 5.54. The predicted molar refractivity (Wildman–Crippen MR) is 235 cm³/mol. The molecule has 4 aromatic heterocycles. The number of anilines is 5. The van der Waals surface area contributed by atoms with Gasteiger partial charge in [0.1, 0.15) is 11.6 Å². The van der Waals surface area contributed by atoms with Crippen LogP contribution in [0.15, 0.2) is 59.5 Å². The normalized spacial score (nSPS) is 22.2. The molecule has 11 rings (SSSR count). The van der Waals surface area contributed by atoms with Gasteiger partial charge in [-0.3, -0.25) is 29.3 Å². The average molecular weight is 861 g/mol. The number of aryl methyl sites for hydroxylation is 2. The highest BCUT2D eigenvalue weighted by Crippen LogP contribution is 2.46. The van der Waals surface area contributed by atoms with Crippen molar-refractivity contribution in [3.63, 3.8) is 0 Å². The van der Waals surface area contributed by atoms with Crippen LogP contribution in [0.25, 0.3) is 27.5 Å². The van der Waals surface area contributed by atoms with Crippen molar-refractivity contribution < 1.29 is 23.1 Å². The van der Waals surface area contributed by atoms with E-state index in [-0.39, 0.29) is 23.5 Å². The molecule has 2 aromatic carbocycles. The number of rotatable bonds is 8. The van der Waals surface area contributed by atoms with Crippen LogP contribution < -0.4 is 36.0 Å². The van der Waals surface area contributed by atoms with E-state index in [4.69, 9.17) is 14.8 Å². The SMILES string of the molecule is Cn1nc(C2CCC(=O)NC2=O)c2cccc(N3CCC(CN4CCN(c5cc(Nc6ccc7c(c6)c6c(c(=O)n7C)OCC(F)(F)[C@H](C7CC7)N6)n6nccc6n5)CC4)CC3)c21. The molecule has 0 bridgehead atoms. The summed E-state index contributed by atoms with van der Waals surface area (Å²) in [7, 11) is 3.56. The number of hydrogen-bond acceptors (Lipinski definition) is 12. The third-order valence-corrected chi connectivity index (χ3v) is 13.8. The van der Waals surface area contributed by atoms with E-state index in [2.05, 4.69) is 41.8 Å². The minimum Gasteiger partial charge on any atom is -0.480 e. The van der Waals surface area contributed by atoms with E-state index in [0.29, 0.717) is 65.3 Å². The number of hydrogen-bond donors (Lipinski definition) is 3. The van der Waals surface area contributed by atoms with Gasteiger partial charge < -0.3 is 29.7 Å². The second-order valence-corrected chi connectivity index (χ2v) is 17.9. The molecule has 3 saturated heterocycles. The Kier molecular flexibility index (Phi) is 9.54. The Balaban J connectivity index is 0.758. The van der Waals surface area contributed by atoms with Crippen LogP contribution in [0.2, 0.25) is 0 Å². The van der Waals surface area contributed by atoms with E-state index in [1.165, 1.54) is 4.57 Å². The lowest BCUT2D eigenvalue weighted by molar-refractivity contribution is -0.134. The number of piperidine rings is 2. The number of nitrogens with one attached hydrogen (secondary N) is 3. The van der Waals surface area contributed by atoms with Gasteiger partial charge in [0, 0.05) is 94.9 Å². The molecule has 1 saturated carbocycles. The fourth-order valence-corrected chi connectivity index (χ4v) is 10.3. The number of aromatic nitrogens is 6. The Bertz CT molecular complexity index is 2850. The molecule has 2 amide bonds. The summed E-state index contributed by atoms with van der Waals surface area (Å²) in [5.74, 6) is -2.20. The molecule has 4 aliphatic heterocycles. The molecule has 0 spiro atoms. The van der Waals surface area contributed by atoms with E-state index in [1.54, 1.807) is 17.8 Å². The molecule has 63 heavy (non-hydrogen) atoms. The first-order valence-electron chi connectivity index (χ1n) is 22.1. The van der Waals surface area contributed by atoms with Gasteiger partial charge in [-0.05, 0) is 68.2 Å². The molecule has 6 aromatic rings. The van der Waals surface area contributed by atoms with Crippen LogP contribution in [-0.2, 0) is 23.7 Å². The minimum absolute atomic E-state index is 0.0858. The van der Waals surface area contributed by atoms with E-state index in [1.807, 2.05) is 54.2 Å². The number of carbonyl (C=O) groups is 2. The molecular formula is C45H50F2N12O4. The summed E-state index contributed by atoms with van der Waals surface area (Å²) in [5, 5.41) is 20.0. The zero-order valence-electron chi connectivity index (χ0n) is 35.3. The van der Waals surface area contributed by atoms with E-state index in [0.717, 1.165) is 86.8 Å². The summed E-state index contributed by atoms with van der Waals surface area (Å²) in [6, 6.07) is 14.6. The summed E-state index contributed by atoms with van der Waals surface area (Å²) in [5.41, 5.74) is 4.74. The van der Waals surface area contributed by atoms with Crippen molar-refractivity contribution in [3.8, 4) is 5.75 Å². The highest BCUT2D eigenvalue weighted by molar-refractivity contribution is 6.04. The van der Waals surface area contributed by atoms with Crippen LogP contribution in [0, 0.1) is 11.8 Å². The molecule has 1 aliphatic carbocycles. The van der Waals surface area contributed by atoms with Crippen LogP contribution in [0.4, 0.5) is 37.5 Å². The summed E-state index contributed by atoms with van der Waals surface area (Å²) < 4.78 is 41.1. The minimum atomic E-state index is -3.12. The first-order chi connectivity index (χ1) is 30.5. The monoisotopic (exact) mass is 860 g/mol. The zero-order chi connectivity index (χ0) is 43.1. The fourth-order valence-electron chi connectivity index (χ4n) is 10.3. The second-order valence-electron chi connectivity index (χ2n) is 17.9. The maximum absolute atomic E-state index is 15.2. The van der Waals surface area contributed by atoms with Gasteiger partial charge in [0.05, 0.1) is 46.3 Å². The second kappa shape index (κ2) is 15.2. The molecule has 2 atom stereocenters. The lowest BCUT2D eigenvalue weighted by Gasteiger charge is -2.40. The number of halogens is 2. The Morgan fingerprint density at radius 2 is 1.71 bits per heavy atom. The van der Waals surface area contributed by atoms with Gasteiger partial charge in [-0.2, -0.15) is 14.7 Å².